The minimum atomic E-state index is -2.38. The van der Waals surface area contributed by atoms with Gasteiger partial charge in [-0.1, -0.05) is 19.1 Å². The molecular formula is C22H30N6O2. The van der Waals surface area contributed by atoms with Crippen LogP contribution in [0.15, 0.2) is 24.3 Å². The fourth-order valence-corrected chi connectivity index (χ4v) is 3.18. The Balaban J connectivity index is 1.67. The molecule has 0 spiro atoms. The van der Waals surface area contributed by atoms with Crippen LogP contribution < -0.4 is 21.7 Å². The topological polar surface area (TPSA) is 122 Å². The van der Waals surface area contributed by atoms with Gasteiger partial charge in [0.2, 0.25) is 5.91 Å². The van der Waals surface area contributed by atoms with E-state index in [2.05, 4.69) is 20.9 Å². The number of likely N-dealkylation sites (N-methyl/N-ethyl adjacent to an activating group) is 1. The van der Waals surface area contributed by atoms with Crippen LogP contribution in [0.2, 0.25) is 0 Å². The summed E-state index contributed by atoms with van der Waals surface area (Å²) in [5, 5.41) is 8.18. The van der Waals surface area contributed by atoms with Crippen LogP contribution >= 0.6 is 0 Å². The van der Waals surface area contributed by atoms with Gasteiger partial charge in [-0.05, 0) is 57.3 Å². The zero-order valence-electron chi connectivity index (χ0n) is 20.3. The molecule has 8 nitrogen and oxygen atoms in total. The third kappa shape index (κ3) is 5.33. The standard InChI is InChI=1S/C22H30N6O2/c1-4-17-18(15-8-9-15)28-21(19(27-17)20(23)29)26-16-7-5-6-14(12-16)10-11-25-22(30)13(2)24-3/h5-7,12-13,15,24H,4,8-11H2,1-3H3,(H2,23,29)(H,25,30)(H,26,28)/i3D3. The van der Waals surface area contributed by atoms with Crippen molar-refractivity contribution in [3.05, 3.63) is 46.9 Å². The molecular weight excluding hydrogens is 380 g/mol. The SMILES string of the molecule is [2H]C([2H])([2H])NC(C)C(=O)NCCc1cccc(Nc2nc(C3CC3)c(CC)nc2C(N)=O)c1. The third-order valence-electron chi connectivity index (χ3n) is 5.04. The van der Waals surface area contributed by atoms with Crippen molar-refractivity contribution < 1.29 is 13.7 Å². The van der Waals surface area contributed by atoms with E-state index < -0.39 is 18.9 Å². The molecule has 1 heterocycles. The fraction of sp³-hybridized carbons (Fsp3) is 0.455. The van der Waals surface area contributed by atoms with Gasteiger partial charge < -0.3 is 21.7 Å². The number of nitrogens with zero attached hydrogens (tertiary/aromatic N) is 2. The maximum Gasteiger partial charge on any atom is 0.271 e. The van der Waals surface area contributed by atoms with Gasteiger partial charge in [0.25, 0.3) is 5.91 Å². The van der Waals surface area contributed by atoms with Gasteiger partial charge in [0, 0.05) is 22.3 Å². The summed E-state index contributed by atoms with van der Waals surface area (Å²) in [6, 6.07) is 6.69. The van der Waals surface area contributed by atoms with E-state index in [0.29, 0.717) is 31.1 Å². The first-order chi connectivity index (χ1) is 15.6. The van der Waals surface area contributed by atoms with Crippen molar-refractivity contribution in [2.45, 2.75) is 51.5 Å². The van der Waals surface area contributed by atoms with E-state index in [0.717, 1.165) is 35.5 Å². The molecule has 160 valence electrons. The van der Waals surface area contributed by atoms with Crippen LogP contribution in [0.1, 0.15) is 64.2 Å². The van der Waals surface area contributed by atoms with Gasteiger partial charge in [-0.2, -0.15) is 0 Å². The molecule has 0 radical (unpaired) electrons. The summed E-state index contributed by atoms with van der Waals surface area (Å²) in [4.78, 5) is 33.2. The average Bonchev–Trinajstić information content (AvgIpc) is 3.57. The number of hydrogen-bond donors (Lipinski definition) is 4. The van der Waals surface area contributed by atoms with Crippen LogP contribution in [0, 0.1) is 0 Å². The van der Waals surface area contributed by atoms with Gasteiger partial charge in [0.05, 0.1) is 17.4 Å². The van der Waals surface area contributed by atoms with Gasteiger partial charge in [-0.3, -0.25) is 9.59 Å². The number of carbonyl (C=O) groups excluding carboxylic acids is 2. The van der Waals surface area contributed by atoms with Crippen molar-refractivity contribution in [1.29, 1.82) is 0 Å². The lowest BCUT2D eigenvalue weighted by molar-refractivity contribution is -0.122. The number of primary amides is 1. The average molecular weight is 414 g/mol. The second-order valence-electron chi connectivity index (χ2n) is 7.48. The van der Waals surface area contributed by atoms with E-state index in [9.17, 15) is 9.59 Å². The maximum absolute atomic E-state index is 12.1. The van der Waals surface area contributed by atoms with Gasteiger partial charge in [-0.25, -0.2) is 9.97 Å². The Kier molecular flexibility index (Phi) is 5.74. The van der Waals surface area contributed by atoms with Crippen molar-refractivity contribution in [3.8, 4) is 0 Å². The number of amides is 2. The molecule has 8 heteroatoms. The molecule has 1 aromatic carbocycles. The van der Waals surface area contributed by atoms with Crippen LogP contribution in [-0.4, -0.2) is 41.3 Å². The van der Waals surface area contributed by atoms with Crippen LogP contribution in [0.4, 0.5) is 11.5 Å². The lowest BCUT2D eigenvalue weighted by Gasteiger charge is -2.14. The highest BCUT2D eigenvalue weighted by molar-refractivity contribution is 5.96. The molecule has 2 amide bonds. The first-order valence-electron chi connectivity index (χ1n) is 11.7. The van der Waals surface area contributed by atoms with E-state index in [-0.39, 0.29) is 11.6 Å². The number of anilines is 2. The Morgan fingerprint density at radius 3 is 2.80 bits per heavy atom. The Bertz CT molecular complexity index is 1020. The minimum Gasteiger partial charge on any atom is -0.364 e. The highest BCUT2D eigenvalue weighted by Crippen LogP contribution is 2.41. The predicted octanol–water partition coefficient (Wildman–Crippen LogP) is 2.03. The molecule has 0 aliphatic heterocycles. The summed E-state index contributed by atoms with van der Waals surface area (Å²) in [5.74, 6) is -0.296. The van der Waals surface area contributed by atoms with Crippen molar-refractivity contribution >= 4 is 23.3 Å². The maximum atomic E-state index is 12.1. The number of carbonyl (C=O) groups is 2. The van der Waals surface area contributed by atoms with E-state index in [1.54, 1.807) is 0 Å². The summed E-state index contributed by atoms with van der Waals surface area (Å²) in [7, 11) is 0. The van der Waals surface area contributed by atoms with Crippen LogP contribution in [0.25, 0.3) is 0 Å². The smallest absolute Gasteiger partial charge is 0.271 e. The lowest BCUT2D eigenvalue weighted by Crippen LogP contribution is -2.41. The first-order valence-corrected chi connectivity index (χ1v) is 10.2. The Hall–Kier alpha value is -3.00. The lowest BCUT2D eigenvalue weighted by atomic mass is 10.1. The molecule has 1 saturated carbocycles. The van der Waals surface area contributed by atoms with Crippen molar-refractivity contribution in [2.24, 2.45) is 5.73 Å². The Morgan fingerprint density at radius 2 is 2.13 bits per heavy atom. The predicted molar refractivity (Wildman–Crippen MR) is 117 cm³/mol. The molecule has 30 heavy (non-hydrogen) atoms. The monoisotopic (exact) mass is 413 g/mol. The van der Waals surface area contributed by atoms with E-state index in [4.69, 9.17) is 14.8 Å². The number of hydrogen-bond acceptors (Lipinski definition) is 6. The first kappa shape index (κ1) is 17.8. The normalized spacial score (nSPS) is 16.1. The van der Waals surface area contributed by atoms with E-state index >= 15 is 0 Å². The molecule has 5 N–H and O–H groups in total. The number of aryl methyl sites for hydroxylation is 1. The second-order valence-corrected chi connectivity index (χ2v) is 7.48. The van der Waals surface area contributed by atoms with Crippen molar-refractivity contribution in [2.75, 3.05) is 18.8 Å². The van der Waals surface area contributed by atoms with Crippen molar-refractivity contribution in [1.82, 2.24) is 20.6 Å². The summed E-state index contributed by atoms with van der Waals surface area (Å²) >= 11 is 0. The van der Waals surface area contributed by atoms with Crippen LogP contribution in [0.3, 0.4) is 0 Å². The van der Waals surface area contributed by atoms with Gasteiger partial charge in [0.1, 0.15) is 0 Å². The molecule has 1 fully saturated rings. The third-order valence-corrected chi connectivity index (χ3v) is 5.04. The second kappa shape index (κ2) is 9.67. The van der Waals surface area contributed by atoms with E-state index in [1.807, 2.05) is 31.2 Å². The molecule has 0 saturated heterocycles. The van der Waals surface area contributed by atoms with E-state index in [1.165, 1.54) is 6.92 Å². The van der Waals surface area contributed by atoms with Crippen LogP contribution in [-0.2, 0) is 17.6 Å². The van der Waals surface area contributed by atoms with Crippen molar-refractivity contribution in [3.63, 3.8) is 0 Å². The molecule has 1 unspecified atom stereocenters. The number of rotatable bonds is 10. The highest BCUT2D eigenvalue weighted by atomic mass is 16.2. The molecule has 1 aliphatic carbocycles. The summed E-state index contributed by atoms with van der Waals surface area (Å²) in [5.41, 5.74) is 9.07. The highest BCUT2D eigenvalue weighted by Gasteiger charge is 2.30. The Morgan fingerprint density at radius 1 is 1.33 bits per heavy atom. The minimum absolute atomic E-state index is 0.115. The van der Waals surface area contributed by atoms with Gasteiger partial charge >= 0.3 is 0 Å². The zero-order chi connectivity index (χ0) is 24.2. The molecule has 1 aromatic heterocycles. The van der Waals surface area contributed by atoms with Gasteiger partial charge in [0.15, 0.2) is 11.5 Å². The number of aromatic nitrogens is 2. The number of nitrogens with two attached hydrogens (primary N) is 1. The van der Waals surface area contributed by atoms with Gasteiger partial charge in [-0.15, -0.1) is 0 Å². The van der Waals surface area contributed by atoms with Crippen LogP contribution in [0.5, 0.6) is 0 Å². The summed E-state index contributed by atoms with van der Waals surface area (Å²) < 4.78 is 21.6. The molecule has 3 rings (SSSR count). The molecule has 1 aliphatic rings. The molecule has 2 aromatic rings. The molecule has 1 atom stereocenters. The summed E-state index contributed by atoms with van der Waals surface area (Å²) in [6.07, 6.45) is 3.36. The molecule has 0 bridgehead atoms. The number of benzene rings is 1. The fourth-order valence-electron chi connectivity index (χ4n) is 3.18. The summed E-state index contributed by atoms with van der Waals surface area (Å²) in [6.45, 7) is 1.45. The quantitative estimate of drug-likeness (QED) is 0.473. The number of nitrogens with one attached hydrogen (secondary N) is 3. The zero-order valence-corrected chi connectivity index (χ0v) is 17.3. The largest absolute Gasteiger partial charge is 0.364 e. The Labute approximate surface area is 181 Å².